The maximum Gasteiger partial charge on any atom is 0.343 e. The monoisotopic (exact) mass is 440 g/mol. The number of rotatable bonds is 6. The highest BCUT2D eigenvalue weighted by molar-refractivity contribution is 5.95. The molecule has 7 heteroatoms. The number of aromatic nitrogens is 1. The van der Waals surface area contributed by atoms with Crippen molar-refractivity contribution in [2.75, 3.05) is 18.1 Å². The summed E-state index contributed by atoms with van der Waals surface area (Å²) in [5.41, 5.74) is 0.759. The minimum Gasteiger partial charge on any atom is -0.462 e. The third-order valence-corrected chi connectivity index (χ3v) is 6.27. The highest BCUT2D eigenvalue weighted by atomic mass is 16.6. The number of esters is 2. The van der Waals surface area contributed by atoms with Gasteiger partial charge in [-0.2, -0.15) is 0 Å². The molecule has 32 heavy (non-hydrogen) atoms. The second-order valence-electron chi connectivity index (χ2n) is 9.77. The average Bonchev–Trinajstić information content (AvgIpc) is 2.64. The first-order chi connectivity index (χ1) is 15.2. The van der Waals surface area contributed by atoms with Crippen molar-refractivity contribution in [3.8, 4) is 0 Å². The molecule has 1 aromatic carbocycles. The lowest BCUT2D eigenvalue weighted by molar-refractivity contribution is -0.158. The van der Waals surface area contributed by atoms with E-state index in [9.17, 15) is 14.4 Å². The Bertz CT molecular complexity index is 1090. The summed E-state index contributed by atoms with van der Waals surface area (Å²) in [6.07, 6.45) is 5.89. The van der Waals surface area contributed by atoms with Crippen LogP contribution in [0.25, 0.3) is 10.9 Å². The zero-order chi connectivity index (χ0) is 23.0. The van der Waals surface area contributed by atoms with Crippen LogP contribution in [0.4, 0.5) is 5.69 Å². The van der Waals surface area contributed by atoms with Crippen molar-refractivity contribution >= 4 is 28.5 Å². The van der Waals surface area contributed by atoms with Crippen LogP contribution in [0.5, 0.6) is 0 Å². The van der Waals surface area contributed by atoms with E-state index in [2.05, 4.69) is 0 Å². The van der Waals surface area contributed by atoms with E-state index in [1.54, 1.807) is 19.2 Å². The van der Waals surface area contributed by atoms with Gasteiger partial charge >= 0.3 is 11.9 Å². The van der Waals surface area contributed by atoms with Crippen LogP contribution in [0, 0.1) is 5.92 Å². The van der Waals surface area contributed by atoms with Gasteiger partial charge in [0.25, 0.3) is 0 Å². The molecule has 1 aliphatic carbocycles. The lowest BCUT2D eigenvalue weighted by atomic mass is 9.85. The molecular formula is C25H32N2O5. The van der Waals surface area contributed by atoms with E-state index in [-0.39, 0.29) is 29.6 Å². The molecule has 7 nitrogen and oxygen atoms in total. The van der Waals surface area contributed by atoms with Crippen LogP contribution in [-0.4, -0.2) is 41.3 Å². The summed E-state index contributed by atoms with van der Waals surface area (Å²) in [6.45, 7) is 8.98. The van der Waals surface area contributed by atoms with E-state index >= 15 is 0 Å². The summed E-state index contributed by atoms with van der Waals surface area (Å²) >= 11 is 0. The molecule has 1 unspecified atom stereocenters. The van der Waals surface area contributed by atoms with Crippen LogP contribution in [0.1, 0.15) is 63.7 Å². The van der Waals surface area contributed by atoms with Gasteiger partial charge in [-0.15, -0.1) is 0 Å². The second kappa shape index (κ2) is 8.60. The van der Waals surface area contributed by atoms with Crippen molar-refractivity contribution in [3.63, 3.8) is 0 Å². The molecule has 1 saturated carbocycles. The third-order valence-electron chi connectivity index (χ3n) is 6.27. The number of fused-ring (bicyclic) bond motifs is 1. The number of hydrogen-bond acceptors (Lipinski definition) is 6. The SMILES string of the molecule is CCOC(=O)c1cn(CC2CCC2)c2ccc(N3CCC3C(=O)OC(C)(C)C)cc2c1=O. The van der Waals surface area contributed by atoms with Crippen molar-refractivity contribution in [2.45, 2.75) is 71.6 Å². The first-order valence-electron chi connectivity index (χ1n) is 11.5. The highest BCUT2D eigenvalue weighted by Crippen LogP contribution is 2.32. The molecule has 1 atom stereocenters. The van der Waals surface area contributed by atoms with Crippen molar-refractivity contribution in [3.05, 3.63) is 40.2 Å². The quantitative estimate of drug-likeness (QED) is 0.634. The van der Waals surface area contributed by atoms with E-state index in [4.69, 9.17) is 9.47 Å². The first kappa shape index (κ1) is 22.4. The number of anilines is 1. The zero-order valence-electron chi connectivity index (χ0n) is 19.3. The maximum absolute atomic E-state index is 13.2. The van der Waals surface area contributed by atoms with Gasteiger partial charge in [0.1, 0.15) is 17.2 Å². The van der Waals surface area contributed by atoms with Gasteiger partial charge in [-0.3, -0.25) is 4.79 Å². The molecule has 0 N–H and O–H groups in total. The number of pyridine rings is 1. The molecule has 0 spiro atoms. The van der Waals surface area contributed by atoms with Gasteiger partial charge in [-0.05, 0) is 71.1 Å². The summed E-state index contributed by atoms with van der Waals surface area (Å²) < 4.78 is 12.7. The normalized spacial score (nSPS) is 18.8. The fraction of sp³-hybridized carbons (Fsp3) is 0.560. The highest BCUT2D eigenvalue weighted by Gasteiger charge is 2.37. The van der Waals surface area contributed by atoms with Crippen LogP contribution >= 0.6 is 0 Å². The van der Waals surface area contributed by atoms with Crippen molar-refractivity contribution in [1.82, 2.24) is 4.57 Å². The van der Waals surface area contributed by atoms with E-state index in [1.165, 1.54) is 6.42 Å². The van der Waals surface area contributed by atoms with Gasteiger partial charge in [0.05, 0.1) is 12.1 Å². The zero-order valence-corrected chi connectivity index (χ0v) is 19.3. The Morgan fingerprint density at radius 3 is 2.47 bits per heavy atom. The summed E-state index contributed by atoms with van der Waals surface area (Å²) in [5, 5.41) is 0.474. The number of carbonyl (C=O) groups excluding carboxylic acids is 2. The number of nitrogens with zero attached hydrogens (tertiary/aromatic N) is 2. The van der Waals surface area contributed by atoms with Gasteiger partial charge in [-0.1, -0.05) is 6.42 Å². The lowest BCUT2D eigenvalue weighted by Gasteiger charge is -2.42. The van der Waals surface area contributed by atoms with E-state index in [0.717, 1.165) is 30.6 Å². The molecule has 1 saturated heterocycles. The number of hydrogen-bond donors (Lipinski definition) is 0. The van der Waals surface area contributed by atoms with E-state index in [0.29, 0.717) is 24.3 Å². The number of ether oxygens (including phenoxy) is 2. The second-order valence-corrected chi connectivity index (χ2v) is 9.77. The molecule has 172 valence electrons. The van der Waals surface area contributed by atoms with E-state index < -0.39 is 11.6 Å². The largest absolute Gasteiger partial charge is 0.462 e. The van der Waals surface area contributed by atoms with Gasteiger partial charge < -0.3 is 18.9 Å². The molecule has 0 bridgehead atoms. The lowest BCUT2D eigenvalue weighted by Crippen LogP contribution is -2.54. The van der Waals surface area contributed by atoms with Crippen molar-refractivity contribution < 1.29 is 19.1 Å². The number of carbonyl (C=O) groups is 2. The minimum atomic E-state index is -0.595. The molecule has 2 aliphatic rings. The first-order valence-corrected chi connectivity index (χ1v) is 11.5. The van der Waals surface area contributed by atoms with Gasteiger partial charge in [-0.25, -0.2) is 9.59 Å². The van der Waals surface area contributed by atoms with Crippen LogP contribution in [0.15, 0.2) is 29.2 Å². The molecule has 2 fully saturated rings. The fourth-order valence-electron chi connectivity index (χ4n) is 4.33. The molecule has 1 aliphatic heterocycles. The summed E-state index contributed by atoms with van der Waals surface area (Å²) in [6, 6.07) is 5.30. The number of benzene rings is 1. The Kier molecular flexibility index (Phi) is 6.01. The molecule has 2 heterocycles. The van der Waals surface area contributed by atoms with Crippen LogP contribution in [0.2, 0.25) is 0 Å². The predicted octanol–water partition coefficient (Wildman–Crippen LogP) is 3.90. The third kappa shape index (κ3) is 4.38. The summed E-state index contributed by atoms with van der Waals surface area (Å²) in [7, 11) is 0. The van der Waals surface area contributed by atoms with Crippen molar-refractivity contribution in [1.29, 1.82) is 0 Å². The van der Waals surface area contributed by atoms with Crippen molar-refractivity contribution in [2.24, 2.45) is 5.92 Å². The van der Waals surface area contributed by atoms with Gasteiger partial charge in [0.2, 0.25) is 5.43 Å². The van der Waals surface area contributed by atoms with Crippen LogP contribution < -0.4 is 10.3 Å². The Morgan fingerprint density at radius 1 is 1.16 bits per heavy atom. The Balaban J connectivity index is 1.72. The fourth-order valence-corrected chi connectivity index (χ4v) is 4.33. The molecule has 0 amide bonds. The standard InChI is InChI=1S/C25H32N2O5/c1-5-31-23(29)19-15-26(14-16-7-6-8-16)20-10-9-17(13-18(20)22(19)28)27-12-11-21(27)24(30)32-25(2,3)4/h9-10,13,15-16,21H,5-8,11-12,14H2,1-4H3. The maximum atomic E-state index is 13.2. The Morgan fingerprint density at radius 2 is 1.91 bits per heavy atom. The summed E-state index contributed by atoms with van der Waals surface area (Å²) in [4.78, 5) is 40.3. The van der Waals surface area contributed by atoms with Gasteiger partial charge in [0, 0.05) is 30.4 Å². The molecule has 1 aromatic heterocycles. The topological polar surface area (TPSA) is 77.8 Å². The minimum absolute atomic E-state index is 0.0584. The Labute approximate surface area is 188 Å². The van der Waals surface area contributed by atoms with Crippen LogP contribution in [-0.2, 0) is 20.8 Å². The average molecular weight is 441 g/mol. The van der Waals surface area contributed by atoms with E-state index in [1.807, 2.05) is 42.4 Å². The van der Waals surface area contributed by atoms with Gasteiger partial charge in [0.15, 0.2) is 0 Å². The summed E-state index contributed by atoms with van der Waals surface area (Å²) in [5.74, 6) is -0.295. The molecular weight excluding hydrogens is 408 g/mol. The predicted molar refractivity (Wildman–Crippen MR) is 123 cm³/mol. The van der Waals surface area contributed by atoms with Crippen LogP contribution in [0.3, 0.4) is 0 Å². The molecule has 4 rings (SSSR count). The smallest absolute Gasteiger partial charge is 0.343 e. The Hall–Kier alpha value is -2.83. The molecule has 2 aromatic rings. The molecule has 0 radical (unpaired) electrons.